The summed E-state index contributed by atoms with van der Waals surface area (Å²) >= 11 is 0. The Hall–Kier alpha value is -3.15. The Bertz CT molecular complexity index is 1010. The van der Waals surface area contributed by atoms with E-state index in [2.05, 4.69) is 5.32 Å². The van der Waals surface area contributed by atoms with E-state index in [1.807, 2.05) is 60.1 Å². The SMILES string of the molecule is Cc1cccn2cc(-c3ccc(NC(=O)CN4CCCCCC4=O)cc3)nc12. The molecule has 1 aliphatic rings. The first kappa shape index (κ1) is 18.2. The summed E-state index contributed by atoms with van der Waals surface area (Å²) in [5, 5.41) is 2.89. The molecule has 1 fully saturated rings. The maximum absolute atomic E-state index is 12.3. The molecule has 2 amide bonds. The molecule has 1 aromatic carbocycles. The monoisotopic (exact) mass is 376 g/mol. The van der Waals surface area contributed by atoms with Crippen LogP contribution in [0.2, 0.25) is 0 Å². The van der Waals surface area contributed by atoms with Crippen LogP contribution in [-0.4, -0.2) is 39.2 Å². The molecule has 144 valence electrons. The van der Waals surface area contributed by atoms with Crippen molar-refractivity contribution in [1.82, 2.24) is 14.3 Å². The average molecular weight is 376 g/mol. The fraction of sp³-hybridized carbons (Fsp3) is 0.318. The standard InChI is InChI=1S/C22H24N4O2/c1-16-6-5-13-26-14-19(24-22(16)26)17-8-10-18(11-9-17)23-20(27)15-25-12-4-2-3-7-21(25)28/h5-6,8-11,13-14H,2-4,7,12,15H2,1H3,(H,23,27). The summed E-state index contributed by atoms with van der Waals surface area (Å²) in [6.45, 7) is 2.82. The molecule has 6 heteroatoms. The first-order valence-corrected chi connectivity index (χ1v) is 9.72. The third-order valence-corrected chi connectivity index (χ3v) is 5.15. The van der Waals surface area contributed by atoms with Crippen LogP contribution >= 0.6 is 0 Å². The van der Waals surface area contributed by atoms with E-state index < -0.39 is 0 Å². The second kappa shape index (κ2) is 7.84. The first-order valence-electron chi connectivity index (χ1n) is 9.72. The van der Waals surface area contributed by atoms with E-state index in [9.17, 15) is 9.59 Å². The average Bonchev–Trinajstić information content (AvgIpc) is 3.03. The van der Waals surface area contributed by atoms with E-state index in [4.69, 9.17) is 4.98 Å². The Balaban J connectivity index is 1.43. The highest BCUT2D eigenvalue weighted by atomic mass is 16.2. The van der Waals surface area contributed by atoms with Gasteiger partial charge in [-0.25, -0.2) is 4.98 Å². The molecule has 0 radical (unpaired) electrons. The minimum atomic E-state index is -0.161. The number of amides is 2. The zero-order valence-corrected chi connectivity index (χ0v) is 16.0. The first-order chi connectivity index (χ1) is 13.6. The number of nitrogens with zero attached hydrogens (tertiary/aromatic N) is 3. The van der Waals surface area contributed by atoms with Crippen molar-refractivity contribution in [2.24, 2.45) is 0 Å². The normalized spacial score (nSPS) is 14.9. The van der Waals surface area contributed by atoms with Crippen LogP contribution in [0.3, 0.4) is 0 Å². The number of nitrogens with one attached hydrogen (secondary N) is 1. The number of hydrogen-bond donors (Lipinski definition) is 1. The van der Waals surface area contributed by atoms with Crippen LogP contribution in [0.25, 0.3) is 16.9 Å². The molecule has 0 aliphatic carbocycles. The number of imidazole rings is 1. The van der Waals surface area contributed by atoms with E-state index in [0.717, 1.165) is 47.4 Å². The van der Waals surface area contributed by atoms with Crippen LogP contribution in [0.1, 0.15) is 31.2 Å². The molecular weight excluding hydrogens is 352 g/mol. The molecule has 28 heavy (non-hydrogen) atoms. The molecule has 1 aliphatic heterocycles. The maximum Gasteiger partial charge on any atom is 0.243 e. The van der Waals surface area contributed by atoms with Gasteiger partial charge in [0.15, 0.2) is 0 Å². The van der Waals surface area contributed by atoms with Crippen molar-refractivity contribution < 1.29 is 9.59 Å². The predicted octanol–water partition coefficient (Wildman–Crippen LogP) is 3.65. The Morgan fingerprint density at radius 1 is 1.14 bits per heavy atom. The van der Waals surface area contributed by atoms with Gasteiger partial charge in [-0.1, -0.05) is 24.6 Å². The fourth-order valence-corrected chi connectivity index (χ4v) is 3.60. The number of benzene rings is 1. The number of likely N-dealkylation sites (tertiary alicyclic amines) is 1. The van der Waals surface area contributed by atoms with Gasteiger partial charge >= 0.3 is 0 Å². The molecule has 6 nitrogen and oxygen atoms in total. The molecule has 1 saturated heterocycles. The molecule has 4 rings (SSSR count). The third-order valence-electron chi connectivity index (χ3n) is 5.15. The molecule has 1 N–H and O–H groups in total. The Morgan fingerprint density at radius 3 is 2.75 bits per heavy atom. The van der Waals surface area contributed by atoms with Crippen LogP contribution in [0.4, 0.5) is 5.69 Å². The van der Waals surface area contributed by atoms with Crippen molar-refractivity contribution >= 4 is 23.1 Å². The summed E-state index contributed by atoms with van der Waals surface area (Å²) in [7, 11) is 0. The number of aromatic nitrogens is 2. The molecule has 0 bridgehead atoms. The summed E-state index contributed by atoms with van der Waals surface area (Å²) in [5.41, 5.74) is 4.67. The number of anilines is 1. The largest absolute Gasteiger partial charge is 0.333 e. The van der Waals surface area contributed by atoms with E-state index in [1.165, 1.54) is 0 Å². The van der Waals surface area contributed by atoms with Crippen molar-refractivity contribution in [1.29, 1.82) is 0 Å². The Morgan fingerprint density at radius 2 is 1.96 bits per heavy atom. The highest BCUT2D eigenvalue weighted by molar-refractivity contribution is 5.94. The zero-order chi connectivity index (χ0) is 19.5. The van der Waals surface area contributed by atoms with Crippen LogP contribution in [-0.2, 0) is 9.59 Å². The summed E-state index contributed by atoms with van der Waals surface area (Å²) in [6.07, 6.45) is 7.46. The summed E-state index contributed by atoms with van der Waals surface area (Å²) in [4.78, 5) is 30.7. The molecule has 2 aromatic heterocycles. The number of hydrogen-bond acceptors (Lipinski definition) is 3. The van der Waals surface area contributed by atoms with Gasteiger partial charge in [0.1, 0.15) is 5.65 Å². The van der Waals surface area contributed by atoms with Gasteiger partial charge in [0.05, 0.1) is 12.2 Å². The lowest BCUT2D eigenvalue weighted by Crippen LogP contribution is -2.37. The topological polar surface area (TPSA) is 66.7 Å². The lowest BCUT2D eigenvalue weighted by Gasteiger charge is -2.19. The number of fused-ring (bicyclic) bond motifs is 1. The molecule has 3 heterocycles. The summed E-state index contributed by atoms with van der Waals surface area (Å²) < 4.78 is 2.01. The van der Waals surface area contributed by atoms with Crippen LogP contribution in [0.15, 0.2) is 48.8 Å². The number of rotatable bonds is 4. The smallest absolute Gasteiger partial charge is 0.243 e. The van der Waals surface area contributed by atoms with Gasteiger partial charge in [-0.2, -0.15) is 0 Å². The van der Waals surface area contributed by atoms with Crippen molar-refractivity contribution in [3.8, 4) is 11.3 Å². The van der Waals surface area contributed by atoms with Crippen molar-refractivity contribution in [2.75, 3.05) is 18.4 Å². The second-order valence-corrected chi connectivity index (χ2v) is 7.30. The molecular formula is C22H24N4O2. The number of carbonyl (C=O) groups is 2. The number of pyridine rings is 1. The van der Waals surface area contributed by atoms with Crippen LogP contribution in [0, 0.1) is 6.92 Å². The van der Waals surface area contributed by atoms with Crippen molar-refractivity contribution in [2.45, 2.75) is 32.6 Å². The Labute approximate surface area is 164 Å². The minimum absolute atomic E-state index is 0.0742. The minimum Gasteiger partial charge on any atom is -0.333 e. The summed E-state index contributed by atoms with van der Waals surface area (Å²) in [5.74, 6) is -0.0866. The second-order valence-electron chi connectivity index (χ2n) is 7.30. The predicted molar refractivity (Wildman–Crippen MR) is 109 cm³/mol. The maximum atomic E-state index is 12.3. The van der Waals surface area contributed by atoms with E-state index in [-0.39, 0.29) is 18.4 Å². The molecule has 3 aromatic rings. The zero-order valence-electron chi connectivity index (χ0n) is 16.0. The van der Waals surface area contributed by atoms with Gasteiger partial charge in [0, 0.05) is 36.6 Å². The lowest BCUT2D eigenvalue weighted by molar-refractivity contribution is -0.134. The number of aryl methyl sites for hydroxylation is 1. The van der Waals surface area contributed by atoms with Gasteiger partial charge in [0.25, 0.3) is 0 Å². The van der Waals surface area contributed by atoms with Gasteiger partial charge < -0.3 is 14.6 Å². The van der Waals surface area contributed by atoms with Gasteiger partial charge in [-0.3, -0.25) is 9.59 Å². The fourth-order valence-electron chi connectivity index (χ4n) is 3.60. The van der Waals surface area contributed by atoms with Crippen molar-refractivity contribution in [3.63, 3.8) is 0 Å². The van der Waals surface area contributed by atoms with E-state index >= 15 is 0 Å². The molecule has 0 unspecified atom stereocenters. The Kier molecular flexibility index (Phi) is 5.10. The number of carbonyl (C=O) groups excluding carboxylic acids is 2. The van der Waals surface area contributed by atoms with Crippen LogP contribution < -0.4 is 5.32 Å². The highest BCUT2D eigenvalue weighted by Gasteiger charge is 2.19. The lowest BCUT2D eigenvalue weighted by atomic mass is 10.1. The quantitative estimate of drug-likeness (QED) is 0.756. The molecule has 0 atom stereocenters. The third kappa shape index (κ3) is 3.91. The van der Waals surface area contributed by atoms with Crippen molar-refractivity contribution in [3.05, 3.63) is 54.4 Å². The van der Waals surface area contributed by atoms with Gasteiger partial charge in [-0.15, -0.1) is 0 Å². The highest BCUT2D eigenvalue weighted by Crippen LogP contribution is 2.22. The summed E-state index contributed by atoms with van der Waals surface area (Å²) in [6, 6.07) is 11.7. The van der Waals surface area contributed by atoms with Gasteiger partial charge in [-0.05, 0) is 43.5 Å². The van der Waals surface area contributed by atoms with E-state index in [0.29, 0.717) is 13.0 Å². The molecule has 0 saturated carbocycles. The van der Waals surface area contributed by atoms with Gasteiger partial charge in [0.2, 0.25) is 11.8 Å². The van der Waals surface area contributed by atoms with E-state index in [1.54, 1.807) is 4.90 Å². The van der Waals surface area contributed by atoms with Crippen LogP contribution in [0.5, 0.6) is 0 Å². The molecule has 0 spiro atoms.